The van der Waals surface area contributed by atoms with E-state index in [0.29, 0.717) is 28.0 Å². The number of pyridine rings is 1. The van der Waals surface area contributed by atoms with E-state index in [9.17, 15) is 4.79 Å². The molecule has 0 radical (unpaired) electrons. The van der Waals surface area contributed by atoms with Gasteiger partial charge in [-0.15, -0.1) is 0 Å². The summed E-state index contributed by atoms with van der Waals surface area (Å²) in [5.41, 5.74) is 1.17. The molecule has 27 heavy (non-hydrogen) atoms. The van der Waals surface area contributed by atoms with Gasteiger partial charge in [-0.25, -0.2) is 0 Å². The molecule has 0 atom stereocenters. The van der Waals surface area contributed by atoms with Gasteiger partial charge in [0.25, 0.3) is 5.91 Å². The Morgan fingerprint density at radius 2 is 1.63 bits per heavy atom. The van der Waals surface area contributed by atoms with Crippen LogP contribution in [-0.4, -0.2) is 20.2 Å². The number of ether oxygens (including phenoxy) is 1. The fourth-order valence-electron chi connectivity index (χ4n) is 2.34. The molecule has 0 aliphatic heterocycles. The third-order valence-electron chi connectivity index (χ3n) is 3.64. The molecule has 0 aliphatic carbocycles. The van der Waals surface area contributed by atoms with Gasteiger partial charge in [-0.1, -0.05) is 24.3 Å². The third kappa shape index (κ3) is 4.16. The van der Waals surface area contributed by atoms with E-state index in [2.05, 4.69) is 19.7 Å². The largest absolute Gasteiger partial charge is 0.457 e. The zero-order chi connectivity index (χ0) is 18.5. The minimum absolute atomic E-state index is 0.259. The van der Waals surface area contributed by atoms with Gasteiger partial charge >= 0.3 is 0 Å². The second kappa shape index (κ2) is 7.76. The first kappa shape index (κ1) is 16.9. The summed E-state index contributed by atoms with van der Waals surface area (Å²) in [5.74, 6) is 1.63. The van der Waals surface area contributed by atoms with Gasteiger partial charge in [0.15, 0.2) is 5.82 Å². The third-order valence-corrected chi connectivity index (χ3v) is 4.27. The predicted molar refractivity (Wildman–Crippen MR) is 104 cm³/mol. The van der Waals surface area contributed by atoms with Gasteiger partial charge in [0.05, 0.1) is 0 Å². The Labute approximate surface area is 159 Å². The minimum Gasteiger partial charge on any atom is -0.457 e. The smallest absolute Gasteiger partial charge is 0.257 e. The van der Waals surface area contributed by atoms with Crippen molar-refractivity contribution in [2.75, 3.05) is 5.32 Å². The number of nitrogens with zero attached hydrogens (tertiary/aromatic N) is 3. The van der Waals surface area contributed by atoms with E-state index >= 15 is 0 Å². The van der Waals surface area contributed by atoms with E-state index in [4.69, 9.17) is 4.74 Å². The molecule has 0 bridgehead atoms. The molecule has 0 saturated carbocycles. The molecule has 132 valence electrons. The fraction of sp³-hybridized carbons (Fsp3) is 0. The van der Waals surface area contributed by atoms with Crippen LogP contribution in [0.5, 0.6) is 11.5 Å². The van der Waals surface area contributed by atoms with E-state index in [-0.39, 0.29) is 5.91 Å². The maximum absolute atomic E-state index is 12.4. The monoisotopic (exact) mass is 374 g/mol. The van der Waals surface area contributed by atoms with Crippen molar-refractivity contribution in [2.45, 2.75) is 0 Å². The molecule has 4 rings (SSSR count). The van der Waals surface area contributed by atoms with Crippen LogP contribution in [0, 0.1) is 0 Å². The first-order valence-electron chi connectivity index (χ1n) is 8.17. The van der Waals surface area contributed by atoms with Gasteiger partial charge in [-0.3, -0.25) is 15.1 Å². The number of anilines is 1. The number of amides is 1. The average Bonchev–Trinajstić information content (AvgIpc) is 3.18. The van der Waals surface area contributed by atoms with Crippen molar-refractivity contribution in [1.29, 1.82) is 0 Å². The lowest BCUT2D eigenvalue weighted by atomic mass is 10.2. The minimum atomic E-state index is -0.259. The molecule has 1 N–H and O–H groups in total. The Bertz CT molecular complexity index is 1030. The number of benzene rings is 2. The molecular weight excluding hydrogens is 360 g/mol. The lowest BCUT2D eigenvalue weighted by Crippen LogP contribution is -2.11. The van der Waals surface area contributed by atoms with Crippen LogP contribution >= 0.6 is 11.5 Å². The topological polar surface area (TPSA) is 77.0 Å². The molecule has 0 unspecified atom stereocenters. The van der Waals surface area contributed by atoms with Crippen molar-refractivity contribution >= 4 is 22.6 Å². The summed E-state index contributed by atoms with van der Waals surface area (Å²) in [6, 6.07) is 21.9. The molecule has 0 fully saturated rings. The van der Waals surface area contributed by atoms with E-state index in [1.54, 1.807) is 30.5 Å². The summed E-state index contributed by atoms with van der Waals surface area (Å²) in [5, 5.41) is 3.18. The highest BCUT2D eigenvalue weighted by Gasteiger charge is 2.12. The van der Waals surface area contributed by atoms with Crippen molar-refractivity contribution in [3.63, 3.8) is 0 Å². The molecule has 1 amide bonds. The van der Waals surface area contributed by atoms with Crippen LogP contribution < -0.4 is 10.1 Å². The maximum atomic E-state index is 12.4. The van der Waals surface area contributed by atoms with E-state index in [0.717, 1.165) is 17.3 Å². The molecule has 2 aromatic heterocycles. The van der Waals surface area contributed by atoms with Gasteiger partial charge in [0, 0.05) is 23.3 Å². The van der Waals surface area contributed by atoms with Crippen LogP contribution in [0.3, 0.4) is 0 Å². The normalized spacial score (nSPS) is 10.4. The van der Waals surface area contributed by atoms with Crippen LogP contribution in [-0.2, 0) is 0 Å². The highest BCUT2D eigenvalue weighted by molar-refractivity contribution is 7.10. The molecular formula is C20H14N4O2S. The molecule has 2 aromatic carbocycles. The second-order valence-corrected chi connectivity index (χ2v) is 6.28. The van der Waals surface area contributed by atoms with E-state index in [1.165, 1.54) is 0 Å². The summed E-state index contributed by atoms with van der Waals surface area (Å²) in [7, 11) is 0. The predicted octanol–water partition coefficient (Wildman–Crippen LogP) is 4.64. The first-order valence-corrected chi connectivity index (χ1v) is 8.95. The standard InChI is InChI=1S/C20H14N4O2S/c25-19(23-20-22-18(24-27-20)17-8-4-5-13-21-17)14-9-11-16(12-10-14)26-15-6-2-1-3-7-15/h1-13H,(H,22,23,24,25). The summed E-state index contributed by atoms with van der Waals surface area (Å²) in [4.78, 5) is 20.9. The number of hydrogen-bond donors (Lipinski definition) is 1. The van der Waals surface area contributed by atoms with Gasteiger partial charge in [0.1, 0.15) is 17.2 Å². The van der Waals surface area contributed by atoms with Crippen molar-refractivity contribution in [3.05, 3.63) is 84.6 Å². The summed E-state index contributed by atoms with van der Waals surface area (Å²) in [6.45, 7) is 0. The number of para-hydroxylation sites is 1. The number of aromatic nitrogens is 3. The van der Waals surface area contributed by atoms with Crippen molar-refractivity contribution in [3.8, 4) is 23.0 Å². The van der Waals surface area contributed by atoms with Crippen LogP contribution in [0.1, 0.15) is 10.4 Å². The van der Waals surface area contributed by atoms with Crippen LogP contribution in [0.2, 0.25) is 0 Å². The SMILES string of the molecule is O=C(Nc1nc(-c2ccccn2)ns1)c1ccc(Oc2ccccc2)cc1. The maximum Gasteiger partial charge on any atom is 0.257 e. The van der Waals surface area contributed by atoms with Crippen molar-refractivity contribution in [1.82, 2.24) is 14.3 Å². The Kier molecular flexibility index (Phi) is 4.84. The Hall–Kier alpha value is -3.58. The highest BCUT2D eigenvalue weighted by Crippen LogP contribution is 2.22. The molecule has 0 aliphatic rings. The number of carbonyl (C=O) groups is 1. The van der Waals surface area contributed by atoms with Crippen LogP contribution in [0.25, 0.3) is 11.5 Å². The molecule has 7 heteroatoms. The van der Waals surface area contributed by atoms with Gasteiger partial charge in [-0.05, 0) is 48.5 Å². The highest BCUT2D eigenvalue weighted by atomic mass is 32.1. The lowest BCUT2D eigenvalue weighted by Gasteiger charge is -2.06. The zero-order valence-electron chi connectivity index (χ0n) is 14.1. The lowest BCUT2D eigenvalue weighted by molar-refractivity contribution is 0.102. The van der Waals surface area contributed by atoms with Crippen LogP contribution in [0.4, 0.5) is 5.13 Å². The van der Waals surface area contributed by atoms with E-state index < -0.39 is 0 Å². The summed E-state index contributed by atoms with van der Waals surface area (Å²) < 4.78 is 9.95. The van der Waals surface area contributed by atoms with Crippen molar-refractivity contribution < 1.29 is 9.53 Å². The zero-order valence-corrected chi connectivity index (χ0v) is 14.9. The van der Waals surface area contributed by atoms with Gasteiger partial charge < -0.3 is 4.74 Å². The van der Waals surface area contributed by atoms with Gasteiger partial charge in [0.2, 0.25) is 5.13 Å². The summed E-state index contributed by atoms with van der Waals surface area (Å²) in [6.07, 6.45) is 1.67. The first-order chi connectivity index (χ1) is 13.3. The number of rotatable bonds is 5. The Morgan fingerprint density at radius 1 is 0.889 bits per heavy atom. The van der Waals surface area contributed by atoms with Gasteiger partial charge in [-0.2, -0.15) is 9.36 Å². The summed E-state index contributed by atoms with van der Waals surface area (Å²) >= 11 is 1.11. The number of carbonyl (C=O) groups excluding carboxylic acids is 1. The average molecular weight is 374 g/mol. The number of hydrogen-bond acceptors (Lipinski definition) is 6. The van der Waals surface area contributed by atoms with Crippen LogP contribution in [0.15, 0.2) is 79.0 Å². The molecule has 4 aromatic rings. The molecule has 6 nitrogen and oxygen atoms in total. The quantitative estimate of drug-likeness (QED) is 0.550. The second-order valence-electron chi connectivity index (χ2n) is 5.53. The fourth-order valence-corrected chi connectivity index (χ4v) is 2.91. The number of nitrogens with one attached hydrogen (secondary N) is 1. The molecule has 0 saturated heterocycles. The van der Waals surface area contributed by atoms with Crippen molar-refractivity contribution in [2.24, 2.45) is 0 Å². The Balaban J connectivity index is 1.42. The van der Waals surface area contributed by atoms with E-state index in [1.807, 2.05) is 48.5 Å². The Morgan fingerprint density at radius 3 is 2.37 bits per heavy atom. The molecule has 0 spiro atoms. The molecule has 2 heterocycles.